The van der Waals surface area contributed by atoms with Crippen LogP contribution in [0, 0.1) is 6.92 Å². The van der Waals surface area contributed by atoms with Crippen molar-refractivity contribution in [3.63, 3.8) is 0 Å². The van der Waals surface area contributed by atoms with E-state index in [0.717, 1.165) is 24.4 Å². The molecule has 152 valence electrons. The van der Waals surface area contributed by atoms with Crippen molar-refractivity contribution in [1.82, 2.24) is 14.5 Å². The molecule has 29 heavy (non-hydrogen) atoms. The highest BCUT2D eigenvalue weighted by Crippen LogP contribution is 2.21. The second-order valence-electron chi connectivity index (χ2n) is 7.66. The zero-order valence-electron chi connectivity index (χ0n) is 16.9. The zero-order valence-corrected chi connectivity index (χ0v) is 17.7. The number of ether oxygens (including phenoxy) is 1. The maximum absolute atomic E-state index is 13.0. The van der Waals surface area contributed by atoms with Crippen molar-refractivity contribution in [3.05, 3.63) is 63.7 Å². The van der Waals surface area contributed by atoms with Gasteiger partial charge in [0, 0.05) is 12.6 Å². The Balaban J connectivity index is 1.47. The first-order valence-corrected chi connectivity index (χ1v) is 10.6. The predicted octanol–water partition coefficient (Wildman–Crippen LogP) is 4.60. The summed E-state index contributed by atoms with van der Waals surface area (Å²) in [5.41, 5.74) is 1.20. The van der Waals surface area contributed by atoms with E-state index in [2.05, 4.69) is 16.8 Å². The molecule has 2 heterocycles. The van der Waals surface area contributed by atoms with E-state index in [4.69, 9.17) is 16.3 Å². The van der Waals surface area contributed by atoms with Gasteiger partial charge in [0.25, 0.3) is 5.56 Å². The molecule has 4 rings (SSSR count). The largest absolute Gasteiger partial charge is 0.494 e. The third-order valence-electron chi connectivity index (χ3n) is 5.66. The lowest BCUT2D eigenvalue weighted by Crippen LogP contribution is -2.28. The molecule has 1 saturated heterocycles. The average molecular weight is 412 g/mol. The topological polar surface area (TPSA) is 47.4 Å². The number of aryl methyl sites for hydroxylation is 1. The summed E-state index contributed by atoms with van der Waals surface area (Å²) < 4.78 is 7.48. The van der Waals surface area contributed by atoms with Crippen LogP contribution in [0.2, 0.25) is 5.02 Å². The molecule has 0 radical (unpaired) electrons. The Morgan fingerprint density at radius 1 is 1.21 bits per heavy atom. The molecule has 0 aliphatic carbocycles. The smallest absolute Gasteiger partial charge is 0.267 e. The molecule has 0 bridgehead atoms. The lowest BCUT2D eigenvalue weighted by molar-refractivity contribution is 0.230. The molecule has 6 heteroatoms. The van der Waals surface area contributed by atoms with Crippen LogP contribution in [-0.4, -0.2) is 40.2 Å². The first kappa shape index (κ1) is 19.9. The van der Waals surface area contributed by atoms with Crippen LogP contribution in [-0.2, 0) is 0 Å². The maximum Gasteiger partial charge on any atom is 0.267 e. The monoisotopic (exact) mass is 411 g/mol. The van der Waals surface area contributed by atoms with Gasteiger partial charge in [0.05, 0.1) is 28.2 Å². The van der Waals surface area contributed by atoms with E-state index in [1.165, 1.54) is 19.4 Å². The molecule has 0 N–H and O–H groups in total. The van der Waals surface area contributed by atoms with Crippen molar-refractivity contribution in [2.75, 3.05) is 19.7 Å². The molecular formula is C23H26ClN3O2. The van der Waals surface area contributed by atoms with Crippen LogP contribution in [0.3, 0.4) is 0 Å². The summed E-state index contributed by atoms with van der Waals surface area (Å²) in [5.74, 6) is 1.43. The van der Waals surface area contributed by atoms with Crippen molar-refractivity contribution < 1.29 is 4.74 Å². The number of halogens is 1. The molecule has 1 aromatic heterocycles. The lowest BCUT2D eigenvalue weighted by Gasteiger charge is -2.20. The molecule has 1 atom stereocenters. The molecule has 3 aromatic rings. The van der Waals surface area contributed by atoms with Gasteiger partial charge in [0.15, 0.2) is 0 Å². The minimum absolute atomic E-state index is 0.161. The van der Waals surface area contributed by atoms with Crippen molar-refractivity contribution in [1.29, 1.82) is 0 Å². The number of fused-ring (bicyclic) bond motifs is 1. The minimum Gasteiger partial charge on any atom is -0.494 e. The molecule has 0 amide bonds. The number of aromatic nitrogens is 2. The van der Waals surface area contributed by atoms with E-state index in [1.807, 2.05) is 31.2 Å². The molecule has 1 aliphatic heterocycles. The molecule has 1 fully saturated rings. The Morgan fingerprint density at radius 3 is 2.72 bits per heavy atom. The number of likely N-dealkylation sites (tertiary alicyclic amines) is 1. The summed E-state index contributed by atoms with van der Waals surface area (Å²) in [6.07, 6.45) is 3.62. The van der Waals surface area contributed by atoms with Crippen LogP contribution in [0.4, 0.5) is 0 Å². The third-order valence-corrected chi connectivity index (χ3v) is 5.97. The summed E-state index contributed by atoms with van der Waals surface area (Å²) in [7, 11) is 0. The van der Waals surface area contributed by atoms with Crippen molar-refractivity contribution in [2.45, 2.75) is 39.2 Å². The third kappa shape index (κ3) is 4.16. The van der Waals surface area contributed by atoms with Gasteiger partial charge in [0.2, 0.25) is 0 Å². The second kappa shape index (κ2) is 8.56. The van der Waals surface area contributed by atoms with Gasteiger partial charge in [-0.1, -0.05) is 17.7 Å². The fourth-order valence-corrected chi connectivity index (χ4v) is 4.33. The zero-order chi connectivity index (χ0) is 20.4. The predicted molar refractivity (Wildman–Crippen MR) is 117 cm³/mol. The molecule has 1 aliphatic rings. The quantitative estimate of drug-likeness (QED) is 0.556. The summed E-state index contributed by atoms with van der Waals surface area (Å²) in [6, 6.07) is 13.6. The van der Waals surface area contributed by atoms with Crippen molar-refractivity contribution in [2.24, 2.45) is 0 Å². The van der Waals surface area contributed by atoms with Crippen LogP contribution in [0.1, 0.15) is 32.0 Å². The minimum atomic E-state index is -0.161. The molecule has 2 aromatic carbocycles. The Hall–Kier alpha value is -2.37. The Morgan fingerprint density at radius 2 is 2.00 bits per heavy atom. The first-order valence-electron chi connectivity index (χ1n) is 10.2. The van der Waals surface area contributed by atoms with Gasteiger partial charge in [-0.3, -0.25) is 9.36 Å². The molecule has 5 nitrogen and oxygen atoms in total. The summed E-state index contributed by atoms with van der Waals surface area (Å²) in [4.78, 5) is 20.1. The van der Waals surface area contributed by atoms with Crippen molar-refractivity contribution in [3.8, 4) is 11.4 Å². The van der Waals surface area contributed by atoms with E-state index >= 15 is 0 Å². The SMILES string of the molecule is Cc1nc2cccc(Cl)c2c(=O)n1-c1ccc(OCCCN2CCC[C@H]2C)cc1. The fraction of sp³-hybridized carbons (Fsp3) is 0.391. The highest BCUT2D eigenvalue weighted by molar-refractivity contribution is 6.35. The highest BCUT2D eigenvalue weighted by atomic mass is 35.5. The summed E-state index contributed by atoms with van der Waals surface area (Å²) >= 11 is 6.25. The van der Waals surface area contributed by atoms with Gasteiger partial charge >= 0.3 is 0 Å². The molecule has 0 unspecified atom stereocenters. The summed E-state index contributed by atoms with van der Waals surface area (Å²) in [5, 5.41) is 0.859. The Bertz CT molecular complexity index is 1060. The average Bonchev–Trinajstić information content (AvgIpc) is 3.11. The van der Waals surface area contributed by atoms with Crippen LogP contribution in [0.25, 0.3) is 16.6 Å². The number of nitrogens with zero attached hydrogens (tertiary/aromatic N) is 3. The standard InChI is InChI=1S/C23H26ClN3O2/c1-16-6-4-13-26(16)14-5-15-29-19-11-9-18(10-12-19)27-17(2)25-21-8-3-7-20(24)22(21)23(27)28/h3,7-12,16H,4-6,13-15H2,1-2H3/t16-/m1/s1. The van der Waals surface area contributed by atoms with Crippen LogP contribution in [0.5, 0.6) is 5.75 Å². The van der Waals surface area contributed by atoms with Crippen LogP contribution >= 0.6 is 11.6 Å². The van der Waals surface area contributed by atoms with Gasteiger partial charge in [-0.05, 0) is 76.1 Å². The molecular weight excluding hydrogens is 386 g/mol. The van der Waals surface area contributed by atoms with Gasteiger partial charge < -0.3 is 9.64 Å². The van der Waals surface area contributed by atoms with E-state index < -0.39 is 0 Å². The number of hydrogen-bond donors (Lipinski definition) is 0. The molecule has 0 spiro atoms. The Kier molecular flexibility index (Phi) is 5.88. The van der Waals surface area contributed by atoms with E-state index in [1.54, 1.807) is 22.8 Å². The molecule has 0 saturated carbocycles. The first-order chi connectivity index (χ1) is 14.0. The van der Waals surface area contributed by atoms with Gasteiger partial charge in [-0.15, -0.1) is 0 Å². The van der Waals surface area contributed by atoms with Crippen LogP contribution in [0.15, 0.2) is 47.3 Å². The van der Waals surface area contributed by atoms with Gasteiger partial charge in [0.1, 0.15) is 11.6 Å². The second-order valence-corrected chi connectivity index (χ2v) is 8.06. The maximum atomic E-state index is 13.0. The fourth-order valence-electron chi connectivity index (χ4n) is 4.08. The Labute approximate surface area is 175 Å². The number of hydrogen-bond acceptors (Lipinski definition) is 4. The lowest BCUT2D eigenvalue weighted by atomic mass is 10.2. The number of rotatable bonds is 6. The summed E-state index contributed by atoms with van der Waals surface area (Å²) in [6.45, 7) is 7.09. The highest BCUT2D eigenvalue weighted by Gasteiger charge is 2.19. The normalized spacial score (nSPS) is 17.1. The van der Waals surface area contributed by atoms with E-state index in [0.29, 0.717) is 34.4 Å². The van der Waals surface area contributed by atoms with E-state index in [-0.39, 0.29) is 5.56 Å². The van der Waals surface area contributed by atoms with Crippen molar-refractivity contribution >= 4 is 22.5 Å². The van der Waals surface area contributed by atoms with Gasteiger partial charge in [-0.2, -0.15) is 0 Å². The van der Waals surface area contributed by atoms with E-state index in [9.17, 15) is 4.79 Å². The van der Waals surface area contributed by atoms with Crippen LogP contribution < -0.4 is 10.3 Å². The number of benzene rings is 2. The van der Waals surface area contributed by atoms with Gasteiger partial charge in [-0.25, -0.2) is 4.98 Å².